The molecule has 0 N–H and O–H groups in total. The van der Waals surface area contributed by atoms with E-state index in [4.69, 9.17) is 4.74 Å². The molecule has 0 saturated carbocycles. The molecular formula is C19H23NO4. The molecule has 0 bridgehead atoms. The maximum atomic E-state index is 12.3. The predicted molar refractivity (Wildman–Crippen MR) is 93.1 cm³/mol. The lowest BCUT2D eigenvalue weighted by Gasteiger charge is -2.20. The summed E-state index contributed by atoms with van der Waals surface area (Å²) in [5.74, 6) is -0.386. The summed E-state index contributed by atoms with van der Waals surface area (Å²) >= 11 is 0. The van der Waals surface area contributed by atoms with Crippen molar-refractivity contribution in [3.63, 3.8) is 0 Å². The van der Waals surface area contributed by atoms with Crippen LogP contribution in [-0.2, 0) is 14.3 Å². The van der Waals surface area contributed by atoms with Gasteiger partial charge in [0, 0.05) is 23.6 Å². The molecule has 2 aromatic rings. The van der Waals surface area contributed by atoms with Crippen LogP contribution in [0.25, 0.3) is 10.9 Å². The van der Waals surface area contributed by atoms with Crippen LogP contribution in [0.1, 0.15) is 39.2 Å². The Kier molecular flexibility index (Phi) is 5.12. The summed E-state index contributed by atoms with van der Waals surface area (Å²) in [5.41, 5.74) is 1.25. The number of esters is 1. The van der Waals surface area contributed by atoms with Crippen molar-refractivity contribution < 1.29 is 19.1 Å². The zero-order valence-electron chi connectivity index (χ0n) is 14.7. The van der Waals surface area contributed by atoms with Gasteiger partial charge in [-0.15, -0.1) is 0 Å². The topological polar surface area (TPSA) is 57.5 Å². The monoisotopic (exact) mass is 329 g/mol. The zero-order valence-corrected chi connectivity index (χ0v) is 14.7. The second kappa shape index (κ2) is 6.91. The number of carbonyl (C=O) groups excluding carboxylic acids is 2. The first-order valence-corrected chi connectivity index (χ1v) is 7.82. The number of methoxy groups -OCH3 is 1. The quantitative estimate of drug-likeness (QED) is 0.624. The molecule has 1 heterocycles. The fraction of sp³-hybridized carbons (Fsp3) is 0.368. The first kappa shape index (κ1) is 17.8. The normalized spacial score (nSPS) is 13.2. The SMILES string of the molecule is COC(=O)C=C[C@@H](C)c1cccc2c1ccn2C(=O)OC(C)(C)C. The summed E-state index contributed by atoms with van der Waals surface area (Å²) in [6.45, 7) is 7.49. The van der Waals surface area contributed by atoms with Crippen molar-refractivity contribution in [2.24, 2.45) is 0 Å². The van der Waals surface area contributed by atoms with Gasteiger partial charge in [0.1, 0.15) is 5.60 Å². The Bertz CT molecular complexity index is 780. The van der Waals surface area contributed by atoms with Crippen molar-refractivity contribution in [3.05, 3.63) is 48.2 Å². The molecule has 5 nitrogen and oxygen atoms in total. The number of benzene rings is 1. The number of carbonyl (C=O) groups is 2. The number of allylic oxidation sites excluding steroid dienone is 1. The Labute approximate surface area is 141 Å². The van der Waals surface area contributed by atoms with E-state index in [1.54, 1.807) is 12.3 Å². The molecular weight excluding hydrogens is 306 g/mol. The van der Waals surface area contributed by atoms with Gasteiger partial charge in [0.2, 0.25) is 0 Å². The van der Waals surface area contributed by atoms with Crippen LogP contribution in [0.15, 0.2) is 42.6 Å². The molecule has 0 aliphatic rings. The lowest BCUT2D eigenvalue weighted by Crippen LogP contribution is -2.26. The first-order valence-electron chi connectivity index (χ1n) is 7.82. The highest BCUT2D eigenvalue weighted by Gasteiger charge is 2.20. The molecule has 0 amide bonds. The third-order valence-corrected chi connectivity index (χ3v) is 3.57. The largest absolute Gasteiger partial charge is 0.466 e. The standard InChI is InChI=1S/C19H23NO4/c1-13(9-10-17(21)23-5)14-7-6-8-16-15(14)11-12-20(16)18(22)24-19(2,3)4/h6-13H,1-5H3/t13-/m1/s1. The highest BCUT2D eigenvalue weighted by atomic mass is 16.6. The van der Waals surface area contributed by atoms with Gasteiger partial charge < -0.3 is 9.47 Å². The van der Waals surface area contributed by atoms with Gasteiger partial charge in [0.05, 0.1) is 12.6 Å². The molecule has 0 aliphatic heterocycles. The lowest BCUT2D eigenvalue weighted by molar-refractivity contribution is -0.134. The molecule has 0 spiro atoms. The van der Waals surface area contributed by atoms with Crippen molar-refractivity contribution in [2.45, 2.75) is 39.2 Å². The van der Waals surface area contributed by atoms with Crippen LogP contribution in [0.2, 0.25) is 0 Å². The molecule has 1 aromatic heterocycles. The minimum Gasteiger partial charge on any atom is -0.466 e. The number of rotatable bonds is 3. The van der Waals surface area contributed by atoms with Crippen molar-refractivity contribution in [1.82, 2.24) is 4.57 Å². The van der Waals surface area contributed by atoms with Crippen LogP contribution < -0.4 is 0 Å². The molecule has 0 unspecified atom stereocenters. The average molecular weight is 329 g/mol. The molecule has 2 rings (SSSR count). The Morgan fingerprint density at radius 3 is 2.54 bits per heavy atom. The maximum absolute atomic E-state index is 12.3. The van der Waals surface area contributed by atoms with Crippen molar-refractivity contribution in [2.75, 3.05) is 7.11 Å². The lowest BCUT2D eigenvalue weighted by atomic mass is 9.97. The molecule has 5 heteroatoms. The van der Waals surface area contributed by atoms with Gasteiger partial charge in [-0.05, 0) is 38.5 Å². The fourth-order valence-corrected chi connectivity index (χ4v) is 2.45. The zero-order chi connectivity index (χ0) is 17.9. The van der Waals surface area contributed by atoms with E-state index in [9.17, 15) is 9.59 Å². The van der Waals surface area contributed by atoms with Crippen LogP contribution >= 0.6 is 0 Å². The Morgan fingerprint density at radius 1 is 1.21 bits per heavy atom. The molecule has 0 saturated heterocycles. The number of hydrogen-bond acceptors (Lipinski definition) is 4. The molecule has 0 fully saturated rings. The van der Waals surface area contributed by atoms with Crippen molar-refractivity contribution in [3.8, 4) is 0 Å². The molecule has 0 aliphatic carbocycles. The van der Waals surface area contributed by atoms with Crippen LogP contribution in [0.3, 0.4) is 0 Å². The third kappa shape index (κ3) is 4.04. The molecule has 1 atom stereocenters. The Hall–Kier alpha value is -2.56. The van der Waals surface area contributed by atoms with Gasteiger partial charge >= 0.3 is 12.1 Å². The second-order valence-electron chi connectivity index (χ2n) is 6.62. The minimum absolute atomic E-state index is 0.00212. The molecule has 1 aromatic carbocycles. The third-order valence-electron chi connectivity index (χ3n) is 3.57. The Morgan fingerprint density at radius 2 is 1.92 bits per heavy atom. The number of aromatic nitrogens is 1. The van der Waals surface area contributed by atoms with Gasteiger partial charge in [-0.2, -0.15) is 0 Å². The number of hydrogen-bond donors (Lipinski definition) is 0. The van der Waals surface area contributed by atoms with Crippen molar-refractivity contribution in [1.29, 1.82) is 0 Å². The van der Waals surface area contributed by atoms with Crippen molar-refractivity contribution >= 4 is 23.0 Å². The summed E-state index contributed by atoms with van der Waals surface area (Å²) in [6.07, 6.45) is 4.49. The first-order chi connectivity index (χ1) is 11.2. The number of fused-ring (bicyclic) bond motifs is 1. The van der Waals surface area contributed by atoms with E-state index in [1.807, 2.05) is 52.0 Å². The summed E-state index contributed by atoms with van der Waals surface area (Å²) in [4.78, 5) is 23.6. The van der Waals surface area contributed by atoms with E-state index in [-0.39, 0.29) is 11.9 Å². The van der Waals surface area contributed by atoms with Gasteiger partial charge in [-0.25, -0.2) is 9.59 Å². The molecule has 24 heavy (non-hydrogen) atoms. The Balaban J connectivity index is 2.37. The van der Waals surface area contributed by atoms with Gasteiger partial charge in [-0.1, -0.05) is 25.1 Å². The summed E-state index contributed by atoms with van der Waals surface area (Å²) in [6, 6.07) is 7.63. The van der Waals surface area contributed by atoms with Gasteiger partial charge in [-0.3, -0.25) is 4.57 Å². The molecule has 128 valence electrons. The summed E-state index contributed by atoms with van der Waals surface area (Å²) < 4.78 is 11.5. The summed E-state index contributed by atoms with van der Waals surface area (Å²) in [5, 5.41) is 0.949. The fourth-order valence-electron chi connectivity index (χ4n) is 2.45. The highest BCUT2D eigenvalue weighted by Crippen LogP contribution is 2.28. The van der Waals surface area contributed by atoms with E-state index in [0.717, 1.165) is 16.5 Å². The van der Waals surface area contributed by atoms with Crippen LogP contribution in [0.5, 0.6) is 0 Å². The summed E-state index contributed by atoms with van der Waals surface area (Å²) in [7, 11) is 1.35. The van der Waals surface area contributed by atoms with E-state index >= 15 is 0 Å². The van der Waals surface area contributed by atoms with Crippen LogP contribution in [0, 0.1) is 0 Å². The second-order valence-corrected chi connectivity index (χ2v) is 6.62. The number of nitrogens with zero attached hydrogens (tertiary/aromatic N) is 1. The van der Waals surface area contributed by atoms with E-state index in [2.05, 4.69) is 4.74 Å². The van der Waals surface area contributed by atoms with Gasteiger partial charge in [0.15, 0.2) is 0 Å². The predicted octanol–water partition coefficient (Wildman–Crippen LogP) is 4.26. The van der Waals surface area contributed by atoms with Crippen LogP contribution in [0.4, 0.5) is 4.79 Å². The minimum atomic E-state index is -0.554. The van der Waals surface area contributed by atoms with E-state index < -0.39 is 11.7 Å². The highest BCUT2D eigenvalue weighted by molar-refractivity contribution is 5.92. The van der Waals surface area contributed by atoms with E-state index in [1.165, 1.54) is 17.8 Å². The smallest absolute Gasteiger partial charge is 0.418 e. The van der Waals surface area contributed by atoms with Gasteiger partial charge in [0.25, 0.3) is 0 Å². The average Bonchev–Trinajstić information content (AvgIpc) is 2.94. The maximum Gasteiger partial charge on any atom is 0.418 e. The van der Waals surface area contributed by atoms with E-state index in [0.29, 0.717) is 0 Å². The molecule has 0 radical (unpaired) electrons. The number of ether oxygens (including phenoxy) is 2. The van der Waals surface area contributed by atoms with Crippen LogP contribution in [-0.4, -0.2) is 29.3 Å².